The minimum Gasteiger partial charge on any atom is -0.478 e. The minimum absolute atomic E-state index is 0.525. The molecule has 0 aliphatic carbocycles. The maximum absolute atomic E-state index is 10.4. The van der Waals surface area contributed by atoms with Crippen molar-refractivity contribution in [2.75, 3.05) is 0 Å². The van der Waals surface area contributed by atoms with Crippen LogP contribution in [-0.2, 0) is 4.79 Å². The lowest BCUT2D eigenvalue weighted by Gasteiger charge is -1.85. The number of aldehydes is 1. The van der Waals surface area contributed by atoms with Gasteiger partial charge >= 0.3 is 5.97 Å². The molecule has 1 N–H and O–H groups in total. The Morgan fingerprint density at radius 2 is 2.08 bits per heavy atom. The number of hydrogen-bond donors (Lipinski definition) is 1. The zero-order valence-electron chi connectivity index (χ0n) is 6.06. The molecule has 0 aliphatic rings. The molecule has 0 spiro atoms. The van der Waals surface area contributed by atoms with Crippen molar-refractivity contribution in [3.8, 4) is 0 Å². The van der Waals surface area contributed by atoms with E-state index in [9.17, 15) is 9.59 Å². The molecule has 0 atom stereocenters. The standard InChI is InChI=1S/C8H6O3S/c9-3-7-5-12-4-6(7)1-2-8(10)11/h1-5H,(H,10,11)/b2-1+. The molecule has 1 rings (SSSR count). The van der Waals surface area contributed by atoms with Gasteiger partial charge in [0.05, 0.1) is 0 Å². The number of carboxylic acids is 1. The molecule has 0 aliphatic heterocycles. The van der Waals surface area contributed by atoms with E-state index in [1.54, 1.807) is 10.8 Å². The average Bonchev–Trinajstić information content (AvgIpc) is 2.47. The maximum Gasteiger partial charge on any atom is 0.328 e. The van der Waals surface area contributed by atoms with Crippen molar-refractivity contribution in [2.24, 2.45) is 0 Å². The highest BCUT2D eigenvalue weighted by Gasteiger charge is 1.98. The van der Waals surface area contributed by atoms with Crippen LogP contribution in [0.5, 0.6) is 0 Å². The first-order valence-corrected chi connectivity index (χ1v) is 4.10. The van der Waals surface area contributed by atoms with E-state index < -0.39 is 5.97 Å². The van der Waals surface area contributed by atoms with Gasteiger partial charge in [-0.3, -0.25) is 4.79 Å². The van der Waals surface area contributed by atoms with Crippen molar-refractivity contribution in [1.29, 1.82) is 0 Å². The summed E-state index contributed by atoms with van der Waals surface area (Å²) in [5, 5.41) is 11.7. The van der Waals surface area contributed by atoms with Gasteiger partial charge in [0, 0.05) is 17.0 Å². The van der Waals surface area contributed by atoms with E-state index in [0.717, 1.165) is 6.08 Å². The lowest BCUT2D eigenvalue weighted by molar-refractivity contribution is -0.131. The Balaban J connectivity index is 2.88. The van der Waals surface area contributed by atoms with E-state index in [-0.39, 0.29) is 0 Å². The van der Waals surface area contributed by atoms with Crippen molar-refractivity contribution in [2.45, 2.75) is 0 Å². The molecule has 0 radical (unpaired) electrons. The first kappa shape index (κ1) is 8.67. The number of aliphatic carboxylic acids is 1. The van der Waals surface area contributed by atoms with Gasteiger partial charge < -0.3 is 5.11 Å². The Hall–Kier alpha value is -1.42. The molecular formula is C8H6O3S. The van der Waals surface area contributed by atoms with Gasteiger partial charge in [-0.05, 0) is 17.0 Å². The molecule has 0 aromatic carbocycles. The third-order valence-electron chi connectivity index (χ3n) is 1.26. The fraction of sp³-hybridized carbons (Fsp3) is 0. The molecule has 12 heavy (non-hydrogen) atoms. The molecule has 4 heteroatoms. The molecular weight excluding hydrogens is 176 g/mol. The molecule has 0 unspecified atom stereocenters. The second kappa shape index (κ2) is 3.82. The van der Waals surface area contributed by atoms with Crippen molar-refractivity contribution in [3.63, 3.8) is 0 Å². The van der Waals surface area contributed by atoms with Gasteiger partial charge in [-0.25, -0.2) is 4.79 Å². The van der Waals surface area contributed by atoms with Crippen molar-refractivity contribution in [3.05, 3.63) is 28.0 Å². The van der Waals surface area contributed by atoms with Crippen LogP contribution in [0.3, 0.4) is 0 Å². The Bertz CT molecular complexity index is 325. The molecule has 0 amide bonds. The van der Waals surface area contributed by atoms with Crippen molar-refractivity contribution in [1.82, 2.24) is 0 Å². The summed E-state index contributed by atoms with van der Waals surface area (Å²) in [5.41, 5.74) is 1.18. The SMILES string of the molecule is O=Cc1cscc1/C=C/C(=O)O. The summed E-state index contributed by atoms with van der Waals surface area (Å²) >= 11 is 1.37. The molecule has 0 fully saturated rings. The Morgan fingerprint density at radius 3 is 2.67 bits per heavy atom. The fourth-order valence-electron chi connectivity index (χ4n) is 0.709. The lowest BCUT2D eigenvalue weighted by Crippen LogP contribution is -1.86. The number of carboxylic acid groups (broad SMARTS) is 1. The number of carbonyl (C=O) groups is 2. The topological polar surface area (TPSA) is 54.4 Å². The van der Waals surface area contributed by atoms with E-state index in [1.807, 2.05) is 0 Å². The molecule has 62 valence electrons. The first-order chi connectivity index (χ1) is 5.74. The average molecular weight is 182 g/mol. The number of rotatable bonds is 3. The monoisotopic (exact) mass is 182 g/mol. The van der Waals surface area contributed by atoms with E-state index in [2.05, 4.69) is 0 Å². The number of thiophene rings is 1. The lowest BCUT2D eigenvalue weighted by atomic mass is 10.2. The quantitative estimate of drug-likeness (QED) is 0.571. The highest BCUT2D eigenvalue weighted by atomic mass is 32.1. The number of carbonyl (C=O) groups excluding carboxylic acids is 1. The summed E-state index contributed by atoms with van der Waals surface area (Å²) in [4.78, 5) is 20.5. The first-order valence-electron chi connectivity index (χ1n) is 3.16. The van der Waals surface area contributed by atoms with Crippen LogP contribution in [0, 0.1) is 0 Å². The van der Waals surface area contributed by atoms with Crippen LogP contribution in [0.1, 0.15) is 15.9 Å². The van der Waals surface area contributed by atoms with Gasteiger partial charge in [0.1, 0.15) is 0 Å². The fourth-order valence-corrected chi connectivity index (χ4v) is 1.48. The summed E-state index contributed by atoms with van der Waals surface area (Å²) in [6.45, 7) is 0. The van der Waals surface area contributed by atoms with Crippen LogP contribution < -0.4 is 0 Å². The van der Waals surface area contributed by atoms with Crippen LogP contribution in [0.4, 0.5) is 0 Å². The molecule has 1 heterocycles. The smallest absolute Gasteiger partial charge is 0.328 e. The van der Waals surface area contributed by atoms with Crippen LogP contribution in [0.2, 0.25) is 0 Å². The predicted molar refractivity (Wildman–Crippen MR) is 46.4 cm³/mol. The minimum atomic E-state index is -1.02. The maximum atomic E-state index is 10.4. The summed E-state index contributed by atoms with van der Waals surface area (Å²) < 4.78 is 0. The summed E-state index contributed by atoms with van der Waals surface area (Å²) in [6, 6.07) is 0. The van der Waals surface area contributed by atoms with E-state index >= 15 is 0 Å². The van der Waals surface area contributed by atoms with Crippen LogP contribution >= 0.6 is 11.3 Å². The largest absolute Gasteiger partial charge is 0.478 e. The van der Waals surface area contributed by atoms with Gasteiger partial charge in [0.15, 0.2) is 6.29 Å². The molecule has 0 bridgehead atoms. The second-order valence-corrected chi connectivity index (χ2v) is 2.82. The van der Waals surface area contributed by atoms with Crippen molar-refractivity contribution >= 4 is 29.7 Å². The number of hydrogen-bond acceptors (Lipinski definition) is 3. The molecule has 0 saturated heterocycles. The second-order valence-electron chi connectivity index (χ2n) is 2.07. The highest BCUT2D eigenvalue weighted by Crippen LogP contribution is 2.14. The zero-order chi connectivity index (χ0) is 8.97. The normalized spacial score (nSPS) is 10.3. The van der Waals surface area contributed by atoms with Crippen LogP contribution in [0.15, 0.2) is 16.8 Å². The molecule has 0 saturated carbocycles. The van der Waals surface area contributed by atoms with E-state index in [4.69, 9.17) is 5.11 Å². The molecule has 3 nitrogen and oxygen atoms in total. The van der Waals surface area contributed by atoms with Gasteiger partial charge in [-0.15, -0.1) is 0 Å². The highest BCUT2D eigenvalue weighted by molar-refractivity contribution is 7.08. The molecule has 1 aromatic rings. The zero-order valence-corrected chi connectivity index (χ0v) is 6.88. The van der Waals surface area contributed by atoms with E-state index in [0.29, 0.717) is 17.4 Å². The van der Waals surface area contributed by atoms with Gasteiger partial charge in [0.25, 0.3) is 0 Å². The third kappa shape index (κ3) is 2.03. The van der Waals surface area contributed by atoms with E-state index in [1.165, 1.54) is 17.4 Å². The van der Waals surface area contributed by atoms with Crippen LogP contribution in [0.25, 0.3) is 6.08 Å². The van der Waals surface area contributed by atoms with Crippen LogP contribution in [-0.4, -0.2) is 17.4 Å². The molecule has 1 aromatic heterocycles. The summed E-state index contributed by atoms with van der Waals surface area (Å²) in [5.74, 6) is -1.02. The Kier molecular flexibility index (Phi) is 2.76. The summed E-state index contributed by atoms with van der Waals surface area (Å²) in [6.07, 6.45) is 3.12. The van der Waals surface area contributed by atoms with Gasteiger partial charge in [-0.2, -0.15) is 11.3 Å². The Labute approximate surface area is 73.0 Å². The third-order valence-corrected chi connectivity index (χ3v) is 2.04. The van der Waals surface area contributed by atoms with Crippen molar-refractivity contribution < 1.29 is 14.7 Å². The Morgan fingerprint density at radius 1 is 1.42 bits per heavy atom. The summed E-state index contributed by atoms with van der Waals surface area (Å²) in [7, 11) is 0. The predicted octanol–water partition coefficient (Wildman–Crippen LogP) is 1.66. The van der Waals surface area contributed by atoms with Gasteiger partial charge in [-0.1, -0.05) is 0 Å². The van der Waals surface area contributed by atoms with Gasteiger partial charge in [0.2, 0.25) is 0 Å².